The van der Waals surface area contributed by atoms with E-state index < -0.39 is 0 Å². The Bertz CT molecular complexity index is 388. The molecule has 0 radical (unpaired) electrons. The summed E-state index contributed by atoms with van der Waals surface area (Å²) in [6.07, 6.45) is 1.14. The molecule has 0 amide bonds. The molecule has 1 heterocycles. The molecular weight excluding hydrogens is 244 g/mol. The normalized spacial score (nSPS) is 25.9. The Morgan fingerprint density at radius 2 is 1.90 bits per heavy atom. The Morgan fingerprint density at radius 3 is 2.55 bits per heavy atom. The Labute approximate surface area is 124 Å². The van der Waals surface area contributed by atoms with Crippen LogP contribution < -0.4 is 5.32 Å². The maximum absolute atomic E-state index is 3.71. The van der Waals surface area contributed by atoms with E-state index in [1.165, 1.54) is 18.7 Å². The van der Waals surface area contributed by atoms with Gasteiger partial charge in [0, 0.05) is 31.7 Å². The third kappa shape index (κ3) is 4.32. The molecule has 1 aliphatic heterocycles. The lowest BCUT2D eigenvalue weighted by atomic mass is 9.95. The fourth-order valence-electron chi connectivity index (χ4n) is 2.86. The Balaban J connectivity index is 1.90. The smallest absolute Gasteiger partial charge is 0.0236 e. The van der Waals surface area contributed by atoms with Crippen LogP contribution in [0.3, 0.4) is 0 Å². The summed E-state index contributed by atoms with van der Waals surface area (Å²) < 4.78 is 0. The summed E-state index contributed by atoms with van der Waals surface area (Å²) in [7, 11) is 0. The minimum atomic E-state index is 0.591. The van der Waals surface area contributed by atoms with Gasteiger partial charge >= 0.3 is 0 Å². The fourth-order valence-corrected chi connectivity index (χ4v) is 2.86. The monoisotopic (exact) mass is 274 g/mol. The summed E-state index contributed by atoms with van der Waals surface area (Å²) in [6, 6.07) is 12.1. The zero-order chi connectivity index (χ0) is 14.5. The third-order valence-corrected chi connectivity index (χ3v) is 4.77. The van der Waals surface area contributed by atoms with Crippen LogP contribution in [0.25, 0.3) is 0 Å². The summed E-state index contributed by atoms with van der Waals surface area (Å²) in [5.74, 6) is 1.54. The number of piperazine rings is 1. The molecular formula is C18H30N2. The molecule has 1 saturated heterocycles. The lowest BCUT2D eigenvalue weighted by Crippen LogP contribution is -2.57. The van der Waals surface area contributed by atoms with Crippen LogP contribution in [0, 0.1) is 11.8 Å². The second-order valence-corrected chi connectivity index (χ2v) is 6.82. The van der Waals surface area contributed by atoms with E-state index in [0.29, 0.717) is 12.1 Å². The van der Waals surface area contributed by atoms with Crippen LogP contribution in [0.4, 0.5) is 0 Å². The minimum Gasteiger partial charge on any atom is -0.311 e. The highest BCUT2D eigenvalue weighted by Crippen LogP contribution is 2.17. The van der Waals surface area contributed by atoms with Crippen molar-refractivity contribution in [3.05, 3.63) is 35.9 Å². The van der Waals surface area contributed by atoms with E-state index in [1.54, 1.807) is 0 Å². The topological polar surface area (TPSA) is 15.3 Å². The molecule has 3 atom stereocenters. The third-order valence-electron chi connectivity index (χ3n) is 4.77. The van der Waals surface area contributed by atoms with Gasteiger partial charge in [0.25, 0.3) is 0 Å². The number of nitrogens with one attached hydrogen (secondary N) is 1. The summed E-state index contributed by atoms with van der Waals surface area (Å²) in [5.41, 5.74) is 1.44. The number of hydrogen-bond donors (Lipinski definition) is 1. The molecule has 20 heavy (non-hydrogen) atoms. The van der Waals surface area contributed by atoms with Gasteiger partial charge in [-0.3, -0.25) is 4.90 Å². The molecule has 3 unspecified atom stereocenters. The van der Waals surface area contributed by atoms with Gasteiger partial charge in [0.1, 0.15) is 0 Å². The first-order chi connectivity index (χ1) is 9.56. The van der Waals surface area contributed by atoms with E-state index in [4.69, 9.17) is 0 Å². The van der Waals surface area contributed by atoms with Gasteiger partial charge in [-0.25, -0.2) is 0 Å². The number of hydrogen-bond acceptors (Lipinski definition) is 2. The zero-order valence-corrected chi connectivity index (χ0v) is 13.5. The minimum absolute atomic E-state index is 0.591. The van der Waals surface area contributed by atoms with Crippen LogP contribution in [-0.2, 0) is 6.42 Å². The Hall–Kier alpha value is -0.860. The lowest BCUT2D eigenvalue weighted by molar-refractivity contribution is 0.112. The second kappa shape index (κ2) is 7.24. The highest BCUT2D eigenvalue weighted by molar-refractivity contribution is 5.16. The van der Waals surface area contributed by atoms with E-state index in [2.05, 4.69) is 68.2 Å². The molecule has 1 aromatic rings. The molecule has 1 fully saturated rings. The quantitative estimate of drug-likeness (QED) is 0.887. The lowest BCUT2D eigenvalue weighted by Gasteiger charge is -2.40. The van der Waals surface area contributed by atoms with Gasteiger partial charge in [-0.1, -0.05) is 51.1 Å². The Kier molecular flexibility index (Phi) is 5.62. The molecule has 2 rings (SSSR count). The molecule has 0 aromatic heterocycles. The number of nitrogens with zero attached hydrogens (tertiary/aromatic N) is 1. The average molecular weight is 274 g/mol. The van der Waals surface area contributed by atoms with Crippen LogP contribution in [0.2, 0.25) is 0 Å². The highest BCUT2D eigenvalue weighted by atomic mass is 15.2. The van der Waals surface area contributed by atoms with Crippen LogP contribution in [-0.4, -0.2) is 36.6 Å². The van der Waals surface area contributed by atoms with E-state index in [9.17, 15) is 0 Å². The first-order valence-corrected chi connectivity index (χ1v) is 8.07. The second-order valence-electron chi connectivity index (χ2n) is 6.82. The van der Waals surface area contributed by atoms with Gasteiger partial charge in [0.15, 0.2) is 0 Å². The van der Waals surface area contributed by atoms with E-state index in [0.717, 1.165) is 24.8 Å². The van der Waals surface area contributed by atoms with Crippen molar-refractivity contribution in [1.82, 2.24) is 10.2 Å². The number of rotatable bonds is 5. The predicted molar refractivity (Wildman–Crippen MR) is 87.0 cm³/mol. The van der Waals surface area contributed by atoms with Gasteiger partial charge in [-0.15, -0.1) is 0 Å². The molecule has 0 saturated carbocycles. The molecule has 1 N–H and O–H groups in total. The van der Waals surface area contributed by atoms with Gasteiger partial charge in [0.05, 0.1) is 0 Å². The molecule has 2 nitrogen and oxygen atoms in total. The predicted octanol–water partition coefficient (Wildman–Crippen LogP) is 3.18. The molecule has 0 spiro atoms. The number of benzene rings is 1. The van der Waals surface area contributed by atoms with Crippen molar-refractivity contribution >= 4 is 0 Å². The average Bonchev–Trinajstić information content (AvgIpc) is 2.43. The van der Waals surface area contributed by atoms with E-state index in [-0.39, 0.29) is 0 Å². The molecule has 2 heteroatoms. The molecule has 0 aliphatic carbocycles. The van der Waals surface area contributed by atoms with Crippen LogP contribution in [0.1, 0.15) is 33.3 Å². The van der Waals surface area contributed by atoms with Gasteiger partial charge in [-0.2, -0.15) is 0 Å². The van der Waals surface area contributed by atoms with Crippen molar-refractivity contribution in [3.63, 3.8) is 0 Å². The van der Waals surface area contributed by atoms with Crippen molar-refractivity contribution < 1.29 is 0 Å². The maximum atomic E-state index is 3.71. The van der Waals surface area contributed by atoms with Crippen LogP contribution in [0.5, 0.6) is 0 Å². The van der Waals surface area contributed by atoms with Crippen molar-refractivity contribution in [3.8, 4) is 0 Å². The standard InChI is InChI=1S/C18H30N2/c1-14(2)15(3)12-20-13-18(19-11-16(20)4)10-17-8-6-5-7-9-17/h5-9,14-16,18-19H,10-13H2,1-4H3. The first kappa shape index (κ1) is 15.5. The first-order valence-electron chi connectivity index (χ1n) is 8.07. The van der Waals surface area contributed by atoms with E-state index >= 15 is 0 Å². The summed E-state index contributed by atoms with van der Waals surface area (Å²) in [6.45, 7) is 12.9. The van der Waals surface area contributed by atoms with Gasteiger partial charge in [0.2, 0.25) is 0 Å². The van der Waals surface area contributed by atoms with E-state index in [1.807, 2.05) is 0 Å². The molecule has 1 aliphatic rings. The molecule has 0 bridgehead atoms. The van der Waals surface area contributed by atoms with Gasteiger partial charge in [-0.05, 0) is 30.7 Å². The van der Waals surface area contributed by atoms with Crippen molar-refractivity contribution in [1.29, 1.82) is 0 Å². The maximum Gasteiger partial charge on any atom is 0.0236 e. The van der Waals surface area contributed by atoms with Crippen LogP contribution >= 0.6 is 0 Å². The molecule has 1 aromatic carbocycles. The summed E-state index contributed by atoms with van der Waals surface area (Å²) in [5, 5.41) is 3.71. The summed E-state index contributed by atoms with van der Waals surface area (Å²) in [4.78, 5) is 2.68. The van der Waals surface area contributed by atoms with Crippen molar-refractivity contribution in [2.75, 3.05) is 19.6 Å². The van der Waals surface area contributed by atoms with Crippen molar-refractivity contribution in [2.24, 2.45) is 11.8 Å². The fraction of sp³-hybridized carbons (Fsp3) is 0.667. The summed E-state index contributed by atoms with van der Waals surface area (Å²) >= 11 is 0. The Morgan fingerprint density at radius 1 is 1.20 bits per heavy atom. The largest absolute Gasteiger partial charge is 0.311 e. The van der Waals surface area contributed by atoms with Crippen molar-refractivity contribution in [2.45, 2.75) is 46.2 Å². The highest BCUT2D eigenvalue weighted by Gasteiger charge is 2.26. The van der Waals surface area contributed by atoms with Gasteiger partial charge < -0.3 is 5.32 Å². The van der Waals surface area contributed by atoms with Crippen LogP contribution in [0.15, 0.2) is 30.3 Å². The SMILES string of the molecule is CC(C)C(C)CN1CC(Cc2ccccc2)NCC1C. The zero-order valence-electron chi connectivity index (χ0n) is 13.5. The molecule has 112 valence electrons.